The summed E-state index contributed by atoms with van der Waals surface area (Å²) in [6, 6.07) is 8.46. The van der Waals surface area contributed by atoms with E-state index in [2.05, 4.69) is 19.5 Å². The minimum absolute atomic E-state index is 0.122. The van der Waals surface area contributed by atoms with Crippen LogP contribution in [0.15, 0.2) is 42.5 Å². The van der Waals surface area contributed by atoms with E-state index in [4.69, 9.17) is 0 Å². The minimum atomic E-state index is -3.52. The van der Waals surface area contributed by atoms with Crippen LogP contribution in [0.1, 0.15) is 11.1 Å². The van der Waals surface area contributed by atoms with Crippen molar-refractivity contribution >= 4 is 17.7 Å². The van der Waals surface area contributed by atoms with Crippen molar-refractivity contribution in [2.45, 2.75) is 26.8 Å². The third kappa shape index (κ3) is 6.90. The number of halogens is 6. The average molecular weight is 435 g/mol. The van der Waals surface area contributed by atoms with Crippen LogP contribution in [0.5, 0.6) is 17.2 Å². The molecule has 1 N–H and O–H groups in total. The number of anilines is 1. The highest BCUT2D eigenvalue weighted by Crippen LogP contribution is 2.41. The van der Waals surface area contributed by atoms with Crippen LogP contribution in [0.2, 0.25) is 0 Å². The van der Waals surface area contributed by atoms with Gasteiger partial charge in [0.2, 0.25) is 11.7 Å². The molecule has 5 nitrogen and oxygen atoms in total. The highest BCUT2D eigenvalue weighted by atomic mass is 19.3. The first-order chi connectivity index (χ1) is 14.2. The van der Waals surface area contributed by atoms with Crippen molar-refractivity contribution in [1.29, 1.82) is 0 Å². The zero-order chi connectivity index (χ0) is 22.3. The number of aryl methyl sites for hydroxylation is 1. The summed E-state index contributed by atoms with van der Waals surface area (Å²) in [5.41, 5.74) is 1.16. The van der Waals surface area contributed by atoms with E-state index < -0.39 is 43.0 Å². The number of nitrogens with one attached hydrogen (secondary N) is 1. The number of amides is 1. The number of ether oxygens (including phenoxy) is 3. The molecule has 0 aliphatic rings. The lowest BCUT2D eigenvalue weighted by molar-refractivity contribution is -0.111. The molecule has 2 aromatic carbocycles. The molecule has 0 bridgehead atoms. The van der Waals surface area contributed by atoms with Crippen LogP contribution in [-0.2, 0) is 4.79 Å². The molecule has 1 amide bonds. The molecule has 0 aromatic heterocycles. The predicted octanol–water partition coefficient (Wildman–Crippen LogP) is 5.45. The van der Waals surface area contributed by atoms with Crippen molar-refractivity contribution in [1.82, 2.24) is 0 Å². The Morgan fingerprint density at radius 1 is 0.900 bits per heavy atom. The Labute approximate surface area is 166 Å². The smallest absolute Gasteiger partial charge is 0.387 e. The standard InChI is InChI=1S/C19H15F6NO4/c1-10-4-2-3-5-12(10)26-15(27)7-6-11-8-13(28-17(20)21)16(30-19(24)25)14(9-11)29-18(22)23/h2-9,17-19H,1H3,(H,26,27)/b7-6+. The molecule has 30 heavy (non-hydrogen) atoms. The first kappa shape index (κ1) is 22.9. The number of carbonyl (C=O) groups excluding carboxylic acids is 1. The molecule has 0 aliphatic heterocycles. The van der Waals surface area contributed by atoms with E-state index >= 15 is 0 Å². The topological polar surface area (TPSA) is 56.8 Å². The number of carbonyl (C=O) groups is 1. The molecule has 0 atom stereocenters. The lowest BCUT2D eigenvalue weighted by Crippen LogP contribution is -2.11. The fourth-order valence-electron chi connectivity index (χ4n) is 2.32. The molecular weight excluding hydrogens is 420 g/mol. The number of rotatable bonds is 9. The second-order valence-corrected chi connectivity index (χ2v) is 5.62. The maximum Gasteiger partial charge on any atom is 0.387 e. The van der Waals surface area contributed by atoms with Gasteiger partial charge >= 0.3 is 19.8 Å². The Bertz CT molecular complexity index is 873. The molecule has 0 heterocycles. The summed E-state index contributed by atoms with van der Waals surface area (Å²) in [7, 11) is 0. The van der Waals surface area contributed by atoms with Crippen molar-refractivity contribution in [3.05, 3.63) is 53.6 Å². The largest absolute Gasteiger partial charge is 0.431 e. The summed E-state index contributed by atoms with van der Waals surface area (Å²) in [6.07, 6.45) is 2.05. The van der Waals surface area contributed by atoms with E-state index in [1.165, 1.54) is 0 Å². The van der Waals surface area contributed by atoms with E-state index in [1.807, 2.05) is 0 Å². The summed E-state index contributed by atoms with van der Waals surface area (Å²) in [6.45, 7) is -8.70. The van der Waals surface area contributed by atoms with Crippen molar-refractivity contribution in [2.24, 2.45) is 0 Å². The van der Waals surface area contributed by atoms with Gasteiger partial charge in [0.25, 0.3) is 0 Å². The molecule has 0 aliphatic carbocycles. The summed E-state index contributed by atoms with van der Waals surface area (Å²) < 4.78 is 87.8. The van der Waals surface area contributed by atoms with Crippen molar-refractivity contribution in [3.63, 3.8) is 0 Å². The van der Waals surface area contributed by atoms with Crippen LogP contribution in [0, 0.1) is 6.92 Å². The third-order valence-corrected chi connectivity index (χ3v) is 3.51. The molecular formula is C19H15F6NO4. The van der Waals surface area contributed by atoms with Crippen LogP contribution >= 0.6 is 0 Å². The predicted molar refractivity (Wildman–Crippen MR) is 95.2 cm³/mol. The van der Waals surface area contributed by atoms with E-state index in [1.54, 1.807) is 31.2 Å². The van der Waals surface area contributed by atoms with Gasteiger partial charge < -0.3 is 19.5 Å². The Hall–Kier alpha value is -3.37. The number of hydrogen-bond acceptors (Lipinski definition) is 4. The van der Waals surface area contributed by atoms with Gasteiger partial charge in [-0.05, 0) is 42.3 Å². The summed E-state index contributed by atoms with van der Waals surface area (Å²) >= 11 is 0. The molecule has 0 radical (unpaired) electrons. The zero-order valence-electron chi connectivity index (χ0n) is 15.3. The van der Waals surface area contributed by atoms with Crippen LogP contribution in [-0.4, -0.2) is 25.7 Å². The zero-order valence-corrected chi connectivity index (χ0v) is 15.3. The summed E-state index contributed by atoms with van der Waals surface area (Å²) in [5.74, 6) is -3.69. The maximum absolute atomic E-state index is 12.6. The SMILES string of the molecule is Cc1ccccc1NC(=O)/C=C/c1cc(OC(F)F)c(OC(F)F)c(OC(F)F)c1. The Balaban J connectivity index is 2.34. The van der Waals surface area contributed by atoms with Gasteiger partial charge in [0.05, 0.1) is 0 Å². The third-order valence-electron chi connectivity index (χ3n) is 3.51. The number of para-hydroxylation sites is 1. The van der Waals surface area contributed by atoms with Crippen molar-refractivity contribution in [2.75, 3.05) is 5.32 Å². The Morgan fingerprint density at radius 2 is 1.43 bits per heavy atom. The molecule has 0 saturated heterocycles. The van der Waals surface area contributed by atoms with Gasteiger partial charge in [0, 0.05) is 11.8 Å². The molecule has 162 valence electrons. The van der Waals surface area contributed by atoms with Crippen LogP contribution in [0.25, 0.3) is 6.08 Å². The van der Waals surface area contributed by atoms with Gasteiger partial charge in [-0.3, -0.25) is 4.79 Å². The first-order valence-electron chi connectivity index (χ1n) is 8.23. The maximum atomic E-state index is 12.6. The molecule has 11 heteroatoms. The van der Waals surface area contributed by atoms with Crippen LogP contribution in [0.3, 0.4) is 0 Å². The van der Waals surface area contributed by atoms with Gasteiger partial charge in [-0.1, -0.05) is 18.2 Å². The lowest BCUT2D eigenvalue weighted by Gasteiger charge is -2.16. The normalized spacial score (nSPS) is 11.4. The summed E-state index contributed by atoms with van der Waals surface area (Å²) in [4.78, 5) is 12.1. The molecule has 0 spiro atoms. The molecule has 2 rings (SSSR count). The Kier molecular flexibility index (Phi) is 7.96. The average Bonchev–Trinajstić information content (AvgIpc) is 2.63. The van der Waals surface area contributed by atoms with Gasteiger partial charge in [0.1, 0.15) is 0 Å². The van der Waals surface area contributed by atoms with E-state index in [-0.39, 0.29) is 5.56 Å². The van der Waals surface area contributed by atoms with Crippen LogP contribution < -0.4 is 19.5 Å². The number of hydrogen-bond donors (Lipinski definition) is 1. The minimum Gasteiger partial charge on any atom is -0.431 e. The molecule has 0 fully saturated rings. The van der Waals surface area contributed by atoms with E-state index in [0.717, 1.165) is 29.8 Å². The monoisotopic (exact) mass is 435 g/mol. The van der Waals surface area contributed by atoms with Gasteiger partial charge in [-0.25, -0.2) is 0 Å². The van der Waals surface area contributed by atoms with Gasteiger partial charge in [-0.2, -0.15) is 26.3 Å². The number of alkyl halides is 6. The second-order valence-electron chi connectivity index (χ2n) is 5.62. The number of benzene rings is 2. The Morgan fingerprint density at radius 3 is 1.93 bits per heavy atom. The lowest BCUT2D eigenvalue weighted by atomic mass is 10.1. The van der Waals surface area contributed by atoms with E-state index in [0.29, 0.717) is 5.69 Å². The quantitative estimate of drug-likeness (QED) is 0.420. The van der Waals surface area contributed by atoms with Crippen molar-refractivity contribution in [3.8, 4) is 17.2 Å². The molecule has 2 aromatic rings. The fourth-order valence-corrected chi connectivity index (χ4v) is 2.32. The van der Waals surface area contributed by atoms with Gasteiger partial charge in [-0.15, -0.1) is 0 Å². The summed E-state index contributed by atoms with van der Waals surface area (Å²) in [5, 5.41) is 2.56. The fraction of sp³-hybridized carbons (Fsp3) is 0.211. The second kappa shape index (κ2) is 10.4. The highest BCUT2D eigenvalue weighted by molar-refractivity contribution is 6.02. The van der Waals surface area contributed by atoms with Crippen molar-refractivity contribution < 1.29 is 45.3 Å². The first-order valence-corrected chi connectivity index (χ1v) is 8.23. The van der Waals surface area contributed by atoms with E-state index in [9.17, 15) is 31.1 Å². The highest BCUT2D eigenvalue weighted by Gasteiger charge is 2.23. The molecule has 0 unspecified atom stereocenters. The van der Waals surface area contributed by atoms with Gasteiger partial charge in [0.15, 0.2) is 11.5 Å². The van der Waals surface area contributed by atoms with Crippen LogP contribution in [0.4, 0.5) is 32.0 Å². The molecule has 0 saturated carbocycles.